The van der Waals surface area contributed by atoms with Gasteiger partial charge in [0.25, 0.3) is 0 Å². The van der Waals surface area contributed by atoms with Gasteiger partial charge in [0, 0.05) is 16.6 Å². The van der Waals surface area contributed by atoms with Crippen molar-refractivity contribution in [1.29, 1.82) is 0 Å². The molecule has 0 aliphatic carbocycles. The molecule has 2 heterocycles. The smallest absolute Gasteiger partial charge is 0.153 e. The summed E-state index contributed by atoms with van der Waals surface area (Å²) in [5, 5.41) is 10.9. The van der Waals surface area contributed by atoms with Gasteiger partial charge in [-0.05, 0) is 86.1 Å². The van der Waals surface area contributed by atoms with Gasteiger partial charge in [0.1, 0.15) is 29.6 Å². The standard InChI is InChI=1S/C28H29NO4S.ClH/c1-31-24-7-5-6-20(18-24)28-27(25-13-8-21(30)19-26(25)34-28)33-23-11-9-22(10-12-23)32-17-16-29-14-3-2-4-15-29;/h5-13,18-19,30H,2-4,14-17H2,1H3;1H. The molecule has 4 aromatic rings. The predicted molar refractivity (Wildman–Crippen MR) is 145 cm³/mol. The number of methoxy groups -OCH3 is 1. The van der Waals surface area contributed by atoms with Gasteiger partial charge < -0.3 is 19.3 Å². The van der Waals surface area contributed by atoms with Crippen molar-refractivity contribution in [1.82, 2.24) is 4.90 Å². The van der Waals surface area contributed by atoms with Crippen LogP contribution in [0.1, 0.15) is 19.3 Å². The Hall–Kier alpha value is -2.93. The molecule has 1 aliphatic heterocycles. The number of piperidine rings is 1. The van der Waals surface area contributed by atoms with Crippen molar-refractivity contribution in [2.75, 3.05) is 33.4 Å². The largest absolute Gasteiger partial charge is 0.508 e. The van der Waals surface area contributed by atoms with Gasteiger partial charge in [-0.1, -0.05) is 18.6 Å². The Morgan fingerprint density at radius 2 is 1.66 bits per heavy atom. The first-order chi connectivity index (χ1) is 16.7. The summed E-state index contributed by atoms with van der Waals surface area (Å²) >= 11 is 1.59. The van der Waals surface area contributed by atoms with Crippen LogP contribution in [-0.2, 0) is 0 Å². The second-order valence-electron chi connectivity index (χ2n) is 8.50. The Morgan fingerprint density at radius 1 is 0.886 bits per heavy atom. The first-order valence-corrected chi connectivity index (χ1v) is 12.5. The van der Waals surface area contributed by atoms with E-state index in [1.54, 1.807) is 30.6 Å². The van der Waals surface area contributed by atoms with E-state index in [9.17, 15) is 5.11 Å². The first kappa shape index (κ1) is 25.2. The number of aromatic hydroxyl groups is 1. The second kappa shape index (κ2) is 11.7. The van der Waals surface area contributed by atoms with E-state index in [2.05, 4.69) is 4.90 Å². The number of phenols is 1. The SMILES string of the molecule is COc1cccc(-c2sc3cc(O)ccc3c2Oc2ccc(OCCN3CCCCC3)cc2)c1.Cl. The van der Waals surface area contributed by atoms with Crippen molar-refractivity contribution < 1.29 is 19.3 Å². The van der Waals surface area contributed by atoms with Gasteiger partial charge in [-0.15, -0.1) is 23.7 Å². The Balaban J connectivity index is 0.00000289. The summed E-state index contributed by atoms with van der Waals surface area (Å²) in [6.45, 7) is 4.02. The van der Waals surface area contributed by atoms with Gasteiger partial charge >= 0.3 is 0 Å². The Kier molecular flexibility index (Phi) is 8.39. The molecule has 0 spiro atoms. The molecule has 1 N–H and O–H groups in total. The lowest BCUT2D eigenvalue weighted by Crippen LogP contribution is -2.33. The lowest BCUT2D eigenvalue weighted by Gasteiger charge is -2.26. The highest BCUT2D eigenvalue weighted by Gasteiger charge is 2.17. The molecule has 1 fully saturated rings. The predicted octanol–water partition coefficient (Wildman–Crippen LogP) is 7.36. The fourth-order valence-corrected chi connectivity index (χ4v) is 5.47. The van der Waals surface area contributed by atoms with Crippen molar-refractivity contribution in [3.63, 3.8) is 0 Å². The highest BCUT2D eigenvalue weighted by atomic mass is 35.5. The number of rotatable bonds is 8. The normalized spacial score (nSPS) is 13.9. The zero-order chi connectivity index (χ0) is 23.3. The number of thiophene rings is 1. The molecule has 5 rings (SSSR count). The van der Waals surface area contributed by atoms with Gasteiger partial charge in [0.15, 0.2) is 5.75 Å². The van der Waals surface area contributed by atoms with Crippen molar-refractivity contribution in [3.8, 4) is 39.2 Å². The minimum absolute atomic E-state index is 0. The summed E-state index contributed by atoms with van der Waals surface area (Å²) in [5.41, 5.74) is 1.01. The van der Waals surface area contributed by atoms with Crippen LogP contribution < -0.4 is 14.2 Å². The van der Waals surface area contributed by atoms with Crippen molar-refractivity contribution >= 4 is 33.8 Å². The summed E-state index contributed by atoms with van der Waals surface area (Å²) in [6, 6.07) is 21.1. The number of fused-ring (bicyclic) bond motifs is 1. The average Bonchev–Trinajstić information content (AvgIpc) is 3.23. The lowest BCUT2D eigenvalue weighted by atomic mass is 10.1. The molecule has 184 valence electrons. The number of likely N-dealkylation sites (tertiary alicyclic amines) is 1. The third kappa shape index (κ3) is 6.01. The number of phenolic OH excluding ortho intramolecular Hbond substituents is 1. The summed E-state index contributed by atoms with van der Waals surface area (Å²) in [4.78, 5) is 3.46. The summed E-state index contributed by atoms with van der Waals surface area (Å²) < 4.78 is 18.8. The summed E-state index contributed by atoms with van der Waals surface area (Å²) in [5.74, 6) is 3.38. The van der Waals surface area contributed by atoms with E-state index in [4.69, 9.17) is 14.2 Å². The van der Waals surface area contributed by atoms with Crippen LogP contribution in [0, 0.1) is 0 Å². The van der Waals surface area contributed by atoms with Crippen LogP contribution in [0.5, 0.6) is 28.7 Å². The fraction of sp³-hybridized carbons (Fsp3) is 0.286. The highest BCUT2D eigenvalue weighted by molar-refractivity contribution is 7.22. The van der Waals surface area contributed by atoms with Crippen molar-refractivity contribution in [3.05, 3.63) is 66.7 Å². The topological polar surface area (TPSA) is 51.2 Å². The Bertz CT molecular complexity index is 1250. The molecule has 35 heavy (non-hydrogen) atoms. The molecular weight excluding hydrogens is 482 g/mol. The Labute approximate surface area is 216 Å². The zero-order valence-corrected chi connectivity index (χ0v) is 21.4. The molecule has 1 aromatic heterocycles. The second-order valence-corrected chi connectivity index (χ2v) is 9.55. The van der Waals surface area contributed by atoms with Crippen molar-refractivity contribution in [2.45, 2.75) is 19.3 Å². The molecule has 0 bridgehead atoms. The number of hydrogen-bond donors (Lipinski definition) is 1. The van der Waals surface area contributed by atoms with E-state index in [0.29, 0.717) is 6.61 Å². The van der Waals surface area contributed by atoms with Crippen molar-refractivity contribution in [2.24, 2.45) is 0 Å². The number of benzene rings is 3. The quantitative estimate of drug-likeness (QED) is 0.268. The molecule has 0 radical (unpaired) electrons. The van der Waals surface area contributed by atoms with Gasteiger partial charge in [-0.2, -0.15) is 0 Å². The molecule has 1 saturated heterocycles. The number of ether oxygens (including phenoxy) is 3. The van der Waals surface area contributed by atoms with E-state index in [-0.39, 0.29) is 18.2 Å². The van der Waals surface area contributed by atoms with E-state index < -0.39 is 0 Å². The Morgan fingerprint density at radius 3 is 2.43 bits per heavy atom. The maximum atomic E-state index is 9.99. The van der Waals surface area contributed by atoms with Crippen LogP contribution in [0.3, 0.4) is 0 Å². The molecule has 0 atom stereocenters. The third-order valence-corrected chi connectivity index (χ3v) is 7.31. The molecule has 0 amide bonds. The van der Waals surface area contributed by atoms with E-state index in [1.807, 2.05) is 54.6 Å². The average molecular weight is 512 g/mol. The number of halogens is 1. The monoisotopic (exact) mass is 511 g/mol. The molecular formula is C28H30ClNO4S. The molecule has 3 aromatic carbocycles. The molecule has 7 heteroatoms. The maximum Gasteiger partial charge on any atom is 0.153 e. The van der Waals surface area contributed by atoms with E-state index >= 15 is 0 Å². The van der Waals surface area contributed by atoms with Crippen LogP contribution in [0.25, 0.3) is 20.5 Å². The van der Waals surface area contributed by atoms with Crippen LogP contribution in [0.15, 0.2) is 66.7 Å². The van der Waals surface area contributed by atoms with Crippen LogP contribution in [0.2, 0.25) is 0 Å². The zero-order valence-electron chi connectivity index (χ0n) is 19.7. The van der Waals surface area contributed by atoms with Gasteiger partial charge in [0.2, 0.25) is 0 Å². The molecule has 0 unspecified atom stereocenters. The third-order valence-electron chi connectivity index (χ3n) is 6.13. The minimum atomic E-state index is 0. The van der Waals surface area contributed by atoms with Gasteiger partial charge in [-0.25, -0.2) is 0 Å². The van der Waals surface area contributed by atoms with Gasteiger partial charge in [0.05, 0.1) is 12.0 Å². The summed E-state index contributed by atoms with van der Waals surface area (Å²) in [6.07, 6.45) is 3.93. The summed E-state index contributed by atoms with van der Waals surface area (Å²) in [7, 11) is 1.66. The number of nitrogens with zero attached hydrogens (tertiary/aromatic N) is 1. The molecule has 1 aliphatic rings. The van der Waals surface area contributed by atoms with Crippen LogP contribution in [0.4, 0.5) is 0 Å². The molecule has 5 nitrogen and oxygen atoms in total. The van der Waals surface area contributed by atoms with Crippen LogP contribution in [-0.4, -0.2) is 43.4 Å². The highest BCUT2D eigenvalue weighted by Crippen LogP contribution is 2.47. The minimum Gasteiger partial charge on any atom is -0.508 e. The van der Waals surface area contributed by atoms with E-state index in [0.717, 1.165) is 50.1 Å². The van der Waals surface area contributed by atoms with Crippen LogP contribution >= 0.6 is 23.7 Å². The molecule has 0 saturated carbocycles. The van der Waals surface area contributed by atoms with Gasteiger partial charge in [-0.3, -0.25) is 4.90 Å². The lowest BCUT2D eigenvalue weighted by molar-refractivity contribution is 0.183. The fourth-order valence-electron chi connectivity index (χ4n) is 4.31. The van der Waals surface area contributed by atoms with E-state index in [1.165, 1.54) is 32.4 Å². The first-order valence-electron chi connectivity index (χ1n) is 11.7. The maximum absolute atomic E-state index is 9.99. The number of hydrogen-bond acceptors (Lipinski definition) is 6.